The molecule has 3 rings (SSSR count). The summed E-state index contributed by atoms with van der Waals surface area (Å²) in [4.78, 5) is 0. The molecule has 104 valence electrons. The standard InChI is InChI=1S/C18H20O2/c1-13-17(14-8-10-16(20-2)11-9-14)12-18(13,19)15-6-4-3-5-7-15/h3-11,13,17,19H,12H2,1-2H3/t13-,17-,18-/m0/s1. The molecule has 1 aliphatic carbocycles. The van der Waals surface area contributed by atoms with E-state index in [0.29, 0.717) is 5.92 Å². The van der Waals surface area contributed by atoms with Crippen molar-refractivity contribution in [2.24, 2.45) is 5.92 Å². The molecule has 1 fully saturated rings. The van der Waals surface area contributed by atoms with Crippen LogP contribution in [0.1, 0.15) is 30.4 Å². The Bertz CT molecular complexity index is 576. The Morgan fingerprint density at radius 1 is 1.05 bits per heavy atom. The minimum Gasteiger partial charge on any atom is -0.497 e. The number of methoxy groups -OCH3 is 1. The second kappa shape index (κ2) is 4.95. The van der Waals surface area contributed by atoms with Crippen LogP contribution in [0.5, 0.6) is 5.75 Å². The molecule has 0 bridgehead atoms. The highest BCUT2D eigenvalue weighted by Crippen LogP contribution is 2.55. The quantitative estimate of drug-likeness (QED) is 0.919. The van der Waals surface area contributed by atoms with Crippen LogP contribution < -0.4 is 4.74 Å². The van der Waals surface area contributed by atoms with Crippen LogP contribution in [0.4, 0.5) is 0 Å². The van der Waals surface area contributed by atoms with E-state index in [9.17, 15) is 5.11 Å². The van der Waals surface area contributed by atoms with Crippen LogP contribution in [0.25, 0.3) is 0 Å². The molecule has 0 aromatic heterocycles. The summed E-state index contributed by atoms with van der Waals surface area (Å²) in [5.41, 5.74) is 1.61. The van der Waals surface area contributed by atoms with E-state index in [4.69, 9.17) is 4.74 Å². The molecule has 0 spiro atoms. The molecule has 0 amide bonds. The molecule has 2 aromatic rings. The Labute approximate surface area is 120 Å². The predicted molar refractivity (Wildman–Crippen MR) is 79.9 cm³/mol. The van der Waals surface area contributed by atoms with Crippen LogP contribution in [-0.4, -0.2) is 12.2 Å². The van der Waals surface area contributed by atoms with Crippen LogP contribution >= 0.6 is 0 Å². The highest BCUT2D eigenvalue weighted by molar-refractivity contribution is 5.36. The van der Waals surface area contributed by atoms with E-state index in [1.54, 1.807) is 7.11 Å². The fourth-order valence-corrected chi connectivity index (χ4v) is 3.24. The van der Waals surface area contributed by atoms with Gasteiger partial charge in [0.15, 0.2) is 0 Å². The molecule has 1 saturated carbocycles. The second-order valence-corrected chi connectivity index (χ2v) is 5.66. The molecule has 0 radical (unpaired) electrons. The van der Waals surface area contributed by atoms with E-state index < -0.39 is 5.60 Å². The maximum Gasteiger partial charge on any atom is 0.118 e. The van der Waals surface area contributed by atoms with Gasteiger partial charge in [0.25, 0.3) is 0 Å². The lowest BCUT2D eigenvalue weighted by atomic mass is 9.57. The normalized spacial score (nSPS) is 28.8. The van der Waals surface area contributed by atoms with Gasteiger partial charge in [-0.15, -0.1) is 0 Å². The van der Waals surface area contributed by atoms with Crippen molar-refractivity contribution in [3.63, 3.8) is 0 Å². The van der Waals surface area contributed by atoms with Crippen molar-refractivity contribution in [2.75, 3.05) is 7.11 Å². The van der Waals surface area contributed by atoms with E-state index in [1.807, 2.05) is 42.5 Å². The molecule has 3 atom stereocenters. The van der Waals surface area contributed by atoms with E-state index in [0.717, 1.165) is 17.7 Å². The van der Waals surface area contributed by atoms with Gasteiger partial charge in [-0.1, -0.05) is 49.4 Å². The van der Waals surface area contributed by atoms with Gasteiger partial charge in [0, 0.05) is 0 Å². The van der Waals surface area contributed by atoms with E-state index >= 15 is 0 Å². The Morgan fingerprint density at radius 2 is 1.70 bits per heavy atom. The Balaban J connectivity index is 1.80. The summed E-state index contributed by atoms with van der Waals surface area (Å²) in [6.07, 6.45) is 0.782. The third-order valence-corrected chi connectivity index (χ3v) is 4.71. The van der Waals surface area contributed by atoms with Crippen molar-refractivity contribution in [3.05, 3.63) is 65.7 Å². The van der Waals surface area contributed by atoms with Crippen molar-refractivity contribution in [1.29, 1.82) is 0 Å². The third-order valence-electron chi connectivity index (χ3n) is 4.71. The average molecular weight is 268 g/mol. The van der Waals surface area contributed by atoms with Crippen molar-refractivity contribution >= 4 is 0 Å². The lowest BCUT2D eigenvalue weighted by Crippen LogP contribution is -2.48. The van der Waals surface area contributed by atoms with Gasteiger partial charge in [-0.3, -0.25) is 0 Å². The van der Waals surface area contributed by atoms with Gasteiger partial charge >= 0.3 is 0 Å². The summed E-state index contributed by atoms with van der Waals surface area (Å²) < 4.78 is 5.19. The van der Waals surface area contributed by atoms with Gasteiger partial charge in [0.05, 0.1) is 12.7 Å². The fourth-order valence-electron chi connectivity index (χ4n) is 3.24. The Hall–Kier alpha value is -1.80. The van der Waals surface area contributed by atoms with Crippen molar-refractivity contribution in [2.45, 2.75) is 24.9 Å². The molecule has 0 saturated heterocycles. The number of rotatable bonds is 3. The highest BCUT2D eigenvalue weighted by Gasteiger charge is 2.51. The van der Waals surface area contributed by atoms with E-state index in [1.165, 1.54) is 5.56 Å². The minimum absolute atomic E-state index is 0.221. The Morgan fingerprint density at radius 3 is 2.25 bits per heavy atom. The molecule has 2 heteroatoms. The lowest BCUT2D eigenvalue weighted by Gasteiger charge is -2.51. The molecule has 2 nitrogen and oxygen atoms in total. The Kier molecular flexibility index (Phi) is 3.27. The molecule has 20 heavy (non-hydrogen) atoms. The average Bonchev–Trinajstić information content (AvgIpc) is 2.53. The summed E-state index contributed by atoms with van der Waals surface area (Å²) in [5.74, 6) is 1.50. The first kappa shape index (κ1) is 13.2. The van der Waals surface area contributed by atoms with Gasteiger partial charge in [-0.05, 0) is 41.5 Å². The summed E-state index contributed by atoms with van der Waals surface area (Å²) in [6, 6.07) is 18.2. The molecule has 1 N–H and O–H groups in total. The van der Waals surface area contributed by atoms with Crippen LogP contribution in [0.3, 0.4) is 0 Å². The van der Waals surface area contributed by atoms with Gasteiger partial charge in [-0.25, -0.2) is 0 Å². The largest absolute Gasteiger partial charge is 0.497 e. The summed E-state index contributed by atoms with van der Waals surface area (Å²) >= 11 is 0. The van der Waals surface area contributed by atoms with E-state index in [2.05, 4.69) is 19.1 Å². The minimum atomic E-state index is -0.689. The second-order valence-electron chi connectivity index (χ2n) is 5.66. The first-order chi connectivity index (χ1) is 9.65. The van der Waals surface area contributed by atoms with Gasteiger partial charge in [0.1, 0.15) is 5.75 Å². The van der Waals surface area contributed by atoms with Crippen molar-refractivity contribution < 1.29 is 9.84 Å². The van der Waals surface area contributed by atoms with Gasteiger partial charge in [0.2, 0.25) is 0 Å². The van der Waals surface area contributed by atoms with Crippen molar-refractivity contribution in [3.8, 4) is 5.75 Å². The molecular weight excluding hydrogens is 248 g/mol. The van der Waals surface area contributed by atoms with E-state index in [-0.39, 0.29) is 5.92 Å². The molecular formula is C18H20O2. The maximum atomic E-state index is 10.9. The lowest BCUT2D eigenvalue weighted by molar-refractivity contribution is -0.111. The SMILES string of the molecule is COc1ccc([C@H]2C[C@@](O)(c3ccccc3)[C@H]2C)cc1. The highest BCUT2D eigenvalue weighted by atomic mass is 16.5. The molecule has 2 aromatic carbocycles. The van der Waals surface area contributed by atoms with Crippen LogP contribution in [0.15, 0.2) is 54.6 Å². The summed E-state index contributed by atoms with van der Waals surface area (Å²) in [6.45, 7) is 2.13. The van der Waals surface area contributed by atoms with Crippen LogP contribution in [0.2, 0.25) is 0 Å². The third kappa shape index (κ3) is 2.01. The fraction of sp³-hybridized carbons (Fsp3) is 0.333. The van der Waals surface area contributed by atoms with Crippen LogP contribution in [-0.2, 0) is 5.60 Å². The number of hydrogen-bond acceptors (Lipinski definition) is 2. The zero-order chi connectivity index (χ0) is 14.2. The summed E-state index contributed by atoms with van der Waals surface area (Å²) in [5, 5.41) is 10.9. The topological polar surface area (TPSA) is 29.5 Å². The first-order valence-corrected chi connectivity index (χ1v) is 7.07. The zero-order valence-electron chi connectivity index (χ0n) is 11.9. The first-order valence-electron chi connectivity index (χ1n) is 7.07. The number of aliphatic hydroxyl groups is 1. The molecule has 0 aliphatic heterocycles. The van der Waals surface area contributed by atoms with Gasteiger partial charge in [-0.2, -0.15) is 0 Å². The zero-order valence-corrected chi connectivity index (χ0v) is 11.9. The number of hydrogen-bond donors (Lipinski definition) is 1. The monoisotopic (exact) mass is 268 g/mol. The van der Waals surface area contributed by atoms with Crippen LogP contribution in [0, 0.1) is 5.92 Å². The summed E-state index contributed by atoms with van der Waals surface area (Å²) in [7, 11) is 1.68. The maximum absolute atomic E-state index is 10.9. The number of benzene rings is 2. The smallest absolute Gasteiger partial charge is 0.118 e. The molecule has 1 aliphatic rings. The van der Waals surface area contributed by atoms with Crippen molar-refractivity contribution in [1.82, 2.24) is 0 Å². The molecule has 0 heterocycles. The number of ether oxygens (including phenoxy) is 1. The van der Waals surface area contributed by atoms with Gasteiger partial charge < -0.3 is 9.84 Å². The molecule has 0 unspecified atom stereocenters. The predicted octanol–water partition coefficient (Wildman–Crippen LogP) is 3.71.